The van der Waals surface area contributed by atoms with E-state index in [-0.39, 0.29) is 5.78 Å². The SMILES string of the molecule is COc1cc(CCc2cc(C(C)=O)cc(OC)c2OC(C)=O)ccc1OC(C)=O. The van der Waals surface area contributed by atoms with Gasteiger partial charge < -0.3 is 18.9 Å². The number of aryl methyl sites for hydroxylation is 2. The van der Waals surface area contributed by atoms with Gasteiger partial charge in [-0.1, -0.05) is 6.07 Å². The van der Waals surface area contributed by atoms with Crippen molar-refractivity contribution in [1.29, 1.82) is 0 Å². The number of methoxy groups -OCH3 is 2. The van der Waals surface area contributed by atoms with Crippen LogP contribution in [0.5, 0.6) is 23.0 Å². The van der Waals surface area contributed by atoms with Gasteiger partial charge in [-0.25, -0.2) is 0 Å². The Kier molecular flexibility index (Phi) is 7.36. The number of rotatable bonds is 8. The Morgan fingerprint density at radius 3 is 1.97 bits per heavy atom. The largest absolute Gasteiger partial charge is 0.493 e. The van der Waals surface area contributed by atoms with Crippen LogP contribution in [0.3, 0.4) is 0 Å². The van der Waals surface area contributed by atoms with Crippen LogP contribution in [0.25, 0.3) is 0 Å². The van der Waals surface area contributed by atoms with Crippen LogP contribution in [0, 0.1) is 0 Å². The van der Waals surface area contributed by atoms with Gasteiger partial charge in [0.05, 0.1) is 14.2 Å². The summed E-state index contributed by atoms with van der Waals surface area (Å²) in [6.45, 7) is 4.09. The van der Waals surface area contributed by atoms with E-state index >= 15 is 0 Å². The molecule has 0 bridgehead atoms. The Hall–Kier alpha value is -3.35. The van der Waals surface area contributed by atoms with Gasteiger partial charge in [-0.15, -0.1) is 0 Å². The van der Waals surface area contributed by atoms with Crippen LogP contribution in [0.2, 0.25) is 0 Å². The van der Waals surface area contributed by atoms with Crippen molar-refractivity contribution in [3.05, 3.63) is 47.0 Å². The van der Waals surface area contributed by atoms with Gasteiger partial charge in [0.1, 0.15) is 0 Å². The highest BCUT2D eigenvalue weighted by Crippen LogP contribution is 2.35. The number of carbonyl (C=O) groups excluding carboxylic acids is 3. The minimum absolute atomic E-state index is 0.119. The summed E-state index contributed by atoms with van der Waals surface area (Å²) in [5.74, 6) is 0.367. The molecule has 0 aliphatic heterocycles. The zero-order valence-corrected chi connectivity index (χ0v) is 17.2. The molecule has 0 amide bonds. The van der Waals surface area contributed by atoms with E-state index < -0.39 is 11.9 Å². The van der Waals surface area contributed by atoms with Crippen LogP contribution >= 0.6 is 0 Å². The van der Waals surface area contributed by atoms with E-state index in [0.29, 0.717) is 47.0 Å². The second-order valence-corrected chi connectivity index (χ2v) is 6.40. The lowest BCUT2D eigenvalue weighted by atomic mass is 9.99. The van der Waals surface area contributed by atoms with Crippen LogP contribution in [-0.2, 0) is 22.4 Å². The Morgan fingerprint density at radius 2 is 1.41 bits per heavy atom. The number of hydrogen-bond donors (Lipinski definition) is 0. The molecule has 0 aliphatic rings. The van der Waals surface area contributed by atoms with E-state index in [4.69, 9.17) is 18.9 Å². The van der Waals surface area contributed by atoms with Gasteiger partial charge in [0.15, 0.2) is 28.8 Å². The first-order valence-corrected chi connectivity index (χ1v) is 9.00. The smallest absolute Gasteiger partial charge is 0.308 e. The second kappa shape index (κ2) is 9.73. The molecular formula is C22H24O7. The Morgan fingerprint density at radius 1 is 0.759 bits per heavy atom. The third-order valence-corrected chi connectivity index (χ3v) is 4.17. The van der Waals surface area contributed by atoms with Gasteiger partial charge in [0.25, 0.3) is 0 Å². The summed E-state index contributed by atoms with van der Waals surface area (Å²) in [4.78, 5) is 34.6. The lowest BCUT2D eigenvalue weighted by molar-refractivity contribution is -0.133. The Labute approximate surface area is 169 Å². The molecule has 0 unspecified atom stereocenters. The molecule has 0 aromatic heterocycles. The third-order valence-electron chi connectivity index (χ3n) is 4.17. The topological polar surface area (TPSA) is 88.1 Å². The molecule has 0 N–H and O–H groups in total. The molecule has 29 heavy (non-hydrogen) atoms. The summed E-state index contributed by atoms with van der Waals surface area (Å²) < 4.78 is 21.1. The maximum atomic E-state index is 11.9. The standard InChI is InChI=1S/C22H24O7/c1-13(23)18-11-17(22(29-15(3)25)21(12-18)27-5)8-6-16-7-9-19(28-14(2)24)20(10-16)26-4/h7,9-12H,6,8H2,1-5H3. The molecule has 2 aromatic carbocycles. The number of ketones is 1. The lowest BCUT2D eigenvalue weighted by Crippen LogP contribution is -2.08. The van der Waals surface area contributed by atoms with E-state index in [9.17, 15) is 14.4 Å². The second-order valence-electron chi connectivity index (χ2n) is 6.40. The van der Waals surface area contributed by atoms with Gasteiger partial charge in [-0.2, -0.15) is 0 Å². The number of ether oxygens (including phenoxy) is 4. The molecule has 0 fully saturated rings. The van der Waals surface area contributed by atoms with Crippen molar-refractivity contribution in [2.75, 3.05) is 14.2 Å². The molecular weight excluding hydrogens is 376 g/mol. The van der Waals surface area contributed by atoms with E-state index in [1.165, 1.54) is 35.0 Å². The van der Waals surface area contributed by atoms with Crippen LogP contribution in [0.4, 0.5) is 0 Å². The zero-order chi connectivity index (χ0) is 21.6. The summed E-state index contributed by atoms with van der Waals surface area (Å²) in [5, 5.41) is 0. The molecule has 154 valence electrons. The lowest BCUT2D eigenvalue weighted by Gasteiger charge is -2.15. The molecule has 0 spiro atoms. The number of Topliss-reactive ketones (excluding diaryl/α,β-unsaturated/α-hetero) is 1. The van der Waals surface area contributed by atoms with Gasteiger partial charge in [0.2, 0.25) is 0 Å². The van der Waals surface area contributed by atoms with Crippen LogP contribution in [0.15, 0.2) is 30.3 Å². The summed E-state index contributed by atoms with van der Waals surface area (Å²) in [6.07, 6.45) is 1.05. The highest BCUT2D eigenvalue weighted by atomic mass is 16.6. The van der Waals surface area contributed by atoms with Crippen molar-refractivity contribution in [1.82, 2.24) is 0 Å². The summed E-state index contributed by atoms with van der Waals surface area (Å²) in [5.41, 5.74) is 2.06. The zero-order valence-electron chi connectivity index (χ0n) is 17.2. The molecule has 0 atom stereocenters. The maximum absolute atomic E-state index is 11.9. The molecule has 0 aliphatic carbocycles. The summed E-state index contributed by atoms with van der Waals surface area (Å²) in [6, 6.07) is 8.51. The predicted octanol–water partition coefficient (Wildman–Crippen LogP) is 3.54. The van der Waals surface area contributed by atoms with Crippen molar-refractivity contribution < 1.29 is 33.3 Å². The molecule has 0 radical (unpaired) electrons. The van der Waals surface area contributed by atoms with Crippen LogP contribution in [-0.4, -0.2) is 31.9 Å². The molecule has 2 rings (SSSR count). The molecule has 7 heteroatoms. The predicted molar refractivity (Wildman–Crippen MR) is 106 cm³/mol. The van der Waals surface area contributed by atoms with Gasteiger partial charge >= 0.3 is 11.9 Å². The molecule has 0 saturated carbocycles. The van der Waals surface area contributed by atoms with E-state index in [2.05, 4.69) is 0 Å². The first-order valence-electron chi connectivity index (χ1n) is 9.00. The number of hydrogen-bond acceptors (Lipinski definition) is 7. The minimum Gasteiger partial charge on any atom is -0.493 e. The average Bonchev–Trinajstić information content (AvgIpc) is 2.66. The van der Waals surface area contributed by atoms with Crippen molar-refractivity contribution in [2.45, 2.75) is 33.6 Å². The first kappa shape index (κ1) is 21.9. The highest BCUT2D eigenvalue weighted by molar-refractivity contribution is 5.95. The van der Waals surface area contributed by atoms with Gasteiger partial charge in [0, 0.05) is 19.4 Å². The third kappa shape index (κ3) is 5.81. The van der Waals surface area contributed by atoms with Crippen LogP contribution < -0.4 is 18.9 Å². The average molecular weight is 400 g/mol. The van der Waals surface area contributed by atoms with Gasteiger partial charge in [-0.3, -0.25) is 14.4 Å². The maximum Gasteiger partial charge on any atom is 0.308 e. The van der Waals surface area contributed by atoms with Crippen LogP contribution in [0.1, 0.15) is 42.3 Å². The van der Waals surface area contributed by atoms with Crippen molar-refractivity contribution in [2.24, 2.45) is 0 Å². The molecule has 7 nitrogen and oxygen atoms in total. The monoisotopic (exact) mass is 400 g/mol. The Balaban J connectivity index is 2.35. The van der Waals surface area contributed by atoms with Crippen molar-refractivity contribution in [3.63, 3.8) is 0 Å². The fraction of sp³-hybridized carbons (Fsp3) is 0.318. The number of carbonyl (C=O) groups is 3. The number of esters is 2. The molecule has 0 saturated heterocycles. The minimum atomic E-state index is -0.479. The quantitative estimate of drug-likeness (QED) is 0.380. The molecule has 2 aromatic rings. The van der Waals surface area contributed by atoms with Crippen molar-refractivity contribution >= 4 is 17.7 Å². The normalized spacial score (nSPS) is 10.2. The van der Waals surface area contributed by atoms with E-state index in [0.717, 1.165) is 5.56 Å². The van der Waals surface area contributed by atoms with E-state index in [1.54, 1.807) is 24.3 Å². The summed E-state index contributed by atoms with van der Waals surface area (Å²) >= 11 is 0. The van der Waals surface area contributed by atoms with E-state index in [1.807, 2.05) is 6.07 Å². The fourth-order valence-electron chi connectivity index (χ4n) is 2.85. The fourth-order valence-corrected chi connectivity index (χ4v) is 2.85. The first-order chi connectivity index (χ1) is 13.7. The molecule has 0 heterocycles. The number of benzene rings is 2. The highest BCUT2D eigenvalue weighted by Gasteiger charge is 2.17. The Bertz CT molecular complexity index is 931. The summed E-state index contributed by atoms with van der Waals surface area (Å²) in [7, 11) is 2.95. The van der Waals surface area contributed by atoms with Crippen molar-refractivity contribution in [3.8, 4) is 23.0 Å². The van der Waals surface area contributed by atoms with Gasteiger partial charge in [-0.05, 0) is 55.2 Å².